The molecule has 0 saturated carbocycles. The number of aliphatic hydroxyl groups is 1. The molecule has 39 heavy (non-hydrogen) atoms. The highest BCUT2D eigenvalue weighted by atomic mass is 16.5. The molecule has 6 atom stereocenters. The van der Waals surface area contributed by atoms with Crippen molar-refractivity contribution in [3.8, 4) is 0 Å². The van der Waals surface area contributed by atoms with Gasteiger partial charge in [0.25, 0.3) is 5.91 Å². The smallest absolute Gasteiger partial charge is 0.253 e. The lowest BCUT2D eigenvalue weighted by molar-refractivity contribution is -0.147. The van der Waals surface area contributed by atoms with Crippen molar-refractivity contribution in [2.45, 2.75) is 50.5 Å². The third-order valence-electron chi connectivity index (χ3n) is 8.79. The van der Waals surface area contributed by atoms with E-state index >= 15 is 0 Å². The van der Waals surface area contributed by atoms with Crippen LogP contribution in [0.25, 0.3) is 10.8 Å². The van der Waals surface area contributed by atoms with Crippen LogP contribution in [0.3, 0.4) is 0 Å². The summed E-state index contributed by atoms with van der Waals surface area (Å²) in [6.07, 6.45) is 8.23. The molecule has 0 aromatic heterocycles. The molecule has 3 amide bonds. The summed E-state index contributed by atoms with van der Waals surface area (Å²) >= 11 is 0. The van der Waals surface area contributed by atoms with Gasteiger partial charge in [-0.05, 0) is 35.7 Å². The second-order valence-corrected chi connectivity index (χ2v) is 10.9. The molecule has 8 nitrogen and oxygen atoms in total. The second kappa shape index (κ2) is 9.92. The first-order valence-electron chi connectivity index (χ1n) is 14.0. The first-order valence-corrected chi connectivity index (χ1v) is 14.0. The van der Waals surface area contributed by atoms with Crippen LogP contribution in [-0.4, -0.2) is 82.7 Å². The molecule has 204 valence electrons. The molecular formula is C31H35N3O5. The first kappa shape index (κ1) is 25.8. The van der Waals surface area contributed by atoms with Crippen LogP contribution in [0.4, 0.5) is 5.69 Å². The number of carbonyl (C=O) groups is 3. The van der Waals surface area contributed by atoms with Crippen LogP contribution < -0.4 is 4.90 Å². The van der Waals surface area contributed by atoms with Gasteiger partial charge in [0.2, 0.25) is 11.8 Å². The van der Waals surface area contributed by atoms with Crippen molar-refractivity contribution >= 4 is 34.2 Å². The number of aliphatic hydroxyl groups excluding tert-OH is 1. The Bertz CT molecular complexity index is 1370. The lowest BCUT2D eigenvalue weighted by Gasteiger charge is -2.38. The molecule has 2 saturated heterocycles. The number of amides is 3. The van der Waals surface area contributed by atoms with E-state index in [0.29, 0.717) is 26.1 Å². The van der Waals surface area contributed by atoms with Crippen LogP contribution in [-0.2, 0) is 19.1 Å². The van der Waals surface area contributed by atoms with Crippen LogP contribution >= 0.6 is 0 Å². The predicted molar refractivity (Wildman–Crippen MR) is 148 cm³/mol. The Labute approximate surface area is 228 Å². The van der Waals surface area contributed by atoms with Gasteiger partial charge in [0.05, 0.1) is 30.6 Å². The minimum absolute atomic E-state index is 0.115. The van der Waals surface area contributed by atoms with Crippen molar-refractivity contribution in [1.82, 2.24) is 9.80 Å². The summed E-state index contributed by atoms with van der Waals surface area (Å²) in [5.41, 5.74) is -0.571. The molecule has 0 aliphatic carbocycles. The monoisotopic (exact) mass is 529 g/mol. The van der Waals surface area contributed by atoms with Crippen LogP contribution in [0.15, 0.2) is 66.8 Å². The maximum Gasteiger partial charge on any atom is 0.253 e. The lowest BCUT2D eigenvalue weighted by atomic mass is 9.77. The Morgan fingerprint density at radius 3 is 2.54 bits per heavy atom. The second-order valence-electron chi connectivity index (χ2n) is 10.9. The molecule has 1 N–H and O–H groups in total. The summed E-state index contributed by atoms with van der Waals surface area (Å²) in [5, 5.41) is 12.4. The van der Waals surface area contributed by atoms with E-state index < -0.39 is 35.6 Å². The maximum absolute atomic E-state index is 14.5. The third kappa shape index (κ3) is 3.84. The van der Waals surface area contributed by atoms with E-state index in [2.05, 4.69) is 0 Å². The van der Waals surface area contributed by atoms with Gasteiger partial charge in [-0.1, -0.05) is 68.5 Å². The molecular weight excluding hydrogens is 494 g/mol. The van der Waals surface area contributed by atoms with E-state index in [1.165, 1.54) is 4.90 Å². The van der Waals surface area contributed by atoms with Gasteiger partial charge in [-0.3, -0.25) is 14.4 Å². The van der Waals surface area contributed by atoms with Crippen molar-refractivity contribution in [3.63, 3.8) is 0 Å². The topological polar surface area (TPSA) is 90.4 Å². The quantitative estimate of drug-likeness (QED) is 0.582. The van der Waals surface area contributed by atoms with E-state index in [1.807, 2.05) is 80.6 Å². The van der Waals surface area contributed by atoms with Crippen LogP contribution in [0, 0.1) is 11.8 Å². The molecule has 6 rings (SSSR count). The SMILES string of the molecule is CCCN1CC=C[C@@H]2O[C@]34C=CCN(c5ccc6ccccc6c5)C(=O)C3N([C@@H](CC)CO)C(=O)[C@@H]4[C@@H]2C1=O. The molecule has 4 aliphatic rings. The Morgan fingerprint density at radius 1 is 1.00 bits per heavy atom. The first-order chi connectivity index (χ1) is 18.9. The number of benzene rings is 2. The Hall–Kier alpha value is -3.49. The maximum atomic E-state index is 14.5. The largest absolute Gasteiger partial charge is 0.394 e. The van der Waals surface area contributed by atoms with Gasteiger partial charge in [-0.2, -0.15) is 0 Å². The van der Waals surface area contributed by atoms with E-state index in [-0.39, 0.29) is 24.3 Å². The molecule has 1 unspecified atom stereocenters. The predicted octanol–water partition coefficient (Wildman–Crippen LogP) is 2.90. The number of anilines is 1. The van der Waals surface area contributed by atoms with Gasteiger partial charge in [0, 0.05) is 25.3 Å². The Balaban J connectivity index is 1.46. The highest BCUT2D eigenvalue weighted by Crippen LogP contribution is 2.54. The number of nitrogens with zero attached hydrogens (tertiary/aromatic N) is 3. The standard InChI is InChI=1S/C31H35N3O5/c1-3-15-32-16-7-11-24-25(28(32)36)26-29(37)34(22(4-2)19-35)27-30(38)33(17-8-14-31(26,27)39-24)23-13-12-20-9-5-6-10-21(20)18-23/h5-14,18,22,24-27,35H,3-4,15-17,19H2,1-2H3/t22-,24-,25+,26-,27?,31-/m0/s1. The highest BCUT2D eigenvalue weighted by molar-refractivity contribution is 6.06. The third-order valence-corrected chi connectivity index (χ3v) is 8.79. The number of hydrogen-bond donors (Lipinski definition) is 1. The van der Waals surface area contributed by atoms with E-state index in [0.717, 1.165) is 22.9 Å². The molecule has 2 aromatic carbocycles. The highest BCUT2D eigenvalue weighted by Gasteiger charge is 2.72. The fourth-order valence-electron chi connectivity index (χ4n) is 6.98. The van der Waals surface area contributed by atoms with Gasteiger partial charge < -0.3 is 24.5 Å². The zero-order valence-electron chi connectivity index (χ0n) is 22.4. The summed E-state index contributed by atoms with van der Waals surface area (Å²) < 4.78 is 6.69. The summed E-state index contributed by atoms with van der Waals surface area (Å²) in [5.74, 6) is -2.25. The molecule has 2 aromatic rings. The number of fused-ring (bicyclic) bond motifs is 3. The van der Waals surface area contributed by atoms with Crippen molar-refractivity contribution in [1.29, 1.82) is 0 Å². The zero-order chi connectivity index (χ0) is 27.3. The van der Waals surface area contributed by atoms with E-state index in [9.17, 15) is 19.5 Å². The number of carbonyl (C=O) groups excluding carboxylic acids is 3. The molecule has 2 fully saturated rings. The zero-order valence-corrected chi connectivity index (χ0v) is 22.4. The van der Waals surface area contributed by atoms with Crippen LogP contribution in [0.5, 0.6) is 0 Å². The van der Waals surface area contributed by atoms with E-state index in [4.69, 9.17) is 4.74 Å². The van der Waals surface area contributed by atoms with Gasteiger partial charge in [0.15, 0.2) is 0 Å². The summed E-state index contributed by atoms with van der Waals surface area (Å²) in [4.78, 5) is 47.7. The molecule has 0 bridgehead atoms. The lowest BCUT2D eigenvalue weighted by Crippen LogP contribution is -2.58. The fourth-order valence-corrected chi connectivity index (χ4v) is 6.98. The average molecular weight is 530 g/mol. The van der Waals surface area contributed by atoms with Crippen molar-refractivity contribution in [2.75, 3.05) is 31.1 Å². The van der Waals surface area contributed by atoms with Gasteiger partial charge in [-0.15, -0.1) is 0 Å². The van der Waals surface area contributed by atoms with Crippen LogP contribution in [0.2, 0.25) is 0 Å². The molecule has 1 spiro atoms. The summed E-state index contributed by atoms with van der Waals surface area (Å²) in [7, 11) is 0. The number of ether oxygens (including phenoxy) is 1. The summed E-state index contributed by atoms with van der Waals surface area (Å²) in [6.45, 7) is 5.00. The summed E-state index contributed by atoms with van der Waals surface area (Å²) in [6, 6.07) is 12.3. The number of rotatable bonds is 6. The molecule has 0 radical (unpaired) electrons. The van der Waals surface area contributed by atoms with Crippen molar-refractivity contribution in [2.24, 2.45) is 11.8 Å². The molecule has 4 aliphatic heterocycles. The van der Waals surface area contributed by atoms with E-state index in [1.54, 1.807) is 9.80 Å². The average Bonchev–Trinajstić information content (AvgIpc) is 3.27. The number of likely N-dealkylation sites (tertiary alicyclic amines) is 1. The fraction of sp³-hybridized carbons (Fsp3) is 0.452. The normalized spacial score (nSPS) is 30.8. The number of hydrogen-bond acceptors (Lipinski definition) is 5. The molecule has 8 heteroatoms. The minimum atomic E-state index is -1.30. The van der Waals surface area contributed by atoms with Gasteiger partial charge >= 0.3 is 0 Å². The Kier molecular flexibility index (Phi) is 6.55. The van der Waals surface area contributed by atoms with Crippen molar-refractivity contribution < 1.29 is 24.2 Å². The molecule has 4 heterocycles. The minimum Gasteiger partial charge on any atom is -0.394 e. The Morgan fingerprint density at radius 2 is 1.79 bits per heavy atom. The van der Waals surface area contributed by atoms with Crippen molar-refractivity contribution in [3.05, 3.63) is 66.8 Å². The van der Waals surface area contributed by atoms with Crippen LogP contribution in [0.1, 0.15) is 26.7 Å². The van der Waals surface area contributed by atoms with Gasteiger partial charge in [-0.25, -0.2) is 0 Å². The van der Waals surface area contributed by atoms with Gasteiger partial charge in [0.1, 0.15) is 11.6 Å².